The van der Waals surface area contributed by atoms with Gasteiger partial charge >= 0.3 is 12.0 Å². The molecule has 2 amide bonds. The summed E-state index contributed by atoms with van der Waals surface area (Å²) in [6.45, 7) is 7.60. The number of nitrogens with zero attached hydrogens (tertiary/aromatic N) is 1. The predicted octanol–water partition coefficient (Wildman–Crippen LogP) is 2.62. The van der Waals surface area contributed by atoms with Gasteiger partial charge in [-0.3, -0.25) is 0 Å². The summed E-state index contributed by atoms with van der Waals surface area (Å²) in [6.07, 6.45) is 2.12. The molecule has 1 fully saturated rings. The molecule has 1 aromatic heterocycles. The molecule has 1 aliphatic rings. The zero-order valence-electron chi connectivity index (χ0n) is 12.7. The van der Waals surface area contributed by atoms with Crippen LogP contribution >= 0.6 is 0 Å². The van der Waals surface area contributed by atoms with Gasteiger partial charge in [-0.25, -0.2) is 9.59 Å². The summed E-state index contributed by atoms with van der Waals surface area (Å²) >= 11 is 0. The number of amides is 2. The normalized spacial score (nSPS) is 17.6. The number of carboxylic acids is 1. The molecular formula is C15H22N2O4. The fourth-order valence-electron chi connectivity index (χ4n) is 2.71. The summed E-state index contributed by atoms with van der Waals surface area (Å²) in [5, 5.41) is 11.7. The molecule has 6 heteroatoms. The highest BCUT2D eigenvalue weighted by molar-refractivity contribution is 5.88. The van der Waals surface area contributed by atoms with Crippen LogP contribution in [0.4, 0.5) is 4.79 Å². The van der Waals surface area contributed by atoms with E-state index in [0.29, 0.717) is 11.5 Å². The Balaban J connectivity index is 1.92. The summed E-state index contributed by atoms with van der Waals surface area (Å²) in [4.78, 5) is 24.9. The molecule has 6 nitrogen and oxygen atoms in total. The number of carbonyl (C=O) groups excluding carboxylic acids is 1. The first kappa shape index (κ1) is 15.4. The van der Waals surface area contributed by atoms with Gasteiger partial charge in [-0.05, 0) is 31.2 Å². The van der Waals surface area contributed by atoms with Crippen molar-refractivity contribution in [2.45, 2.75) is 40.2 Å². The fourth-order valence-corrected chi connectivity index (χ4v) is 2.71. The molecule has 0 unspecified atom stereocenters. The van der Waals surface area contributed by atoms with Gasteiger partial charge < -0.3 is 19.7 Å². The van der Waals surface area contributed by atoms with Gasteiger partial charge in [0.1, 0.15) is 17.1 Å². The first-order valence-electron chi connectivity index (χ1n) is 7.14. The molecule has 2 heterocycles. The number of carbonyl (C=O) groups is 2. The van der Waals surface area contributed by atoms with Gasteiger partial charge in [0.25, 0.3) is 0 Å². The Bertz CT molecular complexity index is 548. The van der Waals surface area contributed by atoms with E-state index in [2.05, 4.69) is 19.2 Å². The molecule has 2 N–H and O–H groups in total. The second-order valence-corrected chi connectivity index (χ2v) is 6.34. The molecule has 0 aliphatic carbocycles. The van der Waals surface area contributed by atoms with E-state index in [0.717, 1.165) is 25.9 Å². The molecule has 1 aliphatic heterocycles. The zero-order valence-corrected chi connectivity index (χ0v) is 12.7. The van der Waals surface area contributed by atoms with Crippen molar-refractivity contribution in [3.63, 3.8) is 0 Å². The third-order valence-electron chi connectivity index (χ3n) is 3.80. The monoisotopic (exact) mass is 294 g/mol. The van der Waals surface area contributed by atoms with Gasteiger partial charge in [-0.15, -0.1) is 0 Å². The minimum absolute atomic E-state index is 0.131. The van der Waals surface area contributed by atoms with Crippen LogP contribution in [0.25, 0.3) is 0 Å². The summed E-state index contributed by atoms with van der Waals surface area (Å²) in [5.74, 6) is -0.216. The SMILES string of the molecule is Cc1oc(CNC(=O)N2CCCC(C)(C)C2)cc1C(=O)O. The number of piperidine rings is 1. The summed E-state index contributed by atoms with van der Waals surface area (Å²) in [7, 11) is 0. The molecule has 1 aromatic rings. The average molecular weight is 294 g/mol. The lowest BCUT2D eigenvalue weighted by Gasteiger charge is -2.37. The quantitative estimate of drug-likeness (QED) is 0.897. The predicted molar refractivity (Wildman–Crippen MR) is 77.2 cm³/mol. The molecule has 0 saturated carbocycles. The molecule has 2 rings (SSSR count). The van der Waals surface area contributed by atoms with E-state index in [1.807, 2.05) is 0 Å². The van der Waals surface area contributed by atoms with E-state index < -0.39 is 5.97 Å². The minimum atomic E-state index is -1.02. The summed E-state index contributed by atoms with van der Waals surface area (Å²) < 4.78 is 5.34. The van der Waals surface area contributed by atoms with E-state index in [4.69, 9.17) is 9.52 Å². The summed E-state index contributed by atoms with van der Waals surface area (Å²) in [6, 6.07) is 1.33. The number of aryl methyl sites for hydroxylation is 1. The van der Waals surface area contributed by atoms with Crippen LogP contribution in [0.2, 0.25) is 0 Å². The Morgan fingerprint density at radius 3 is 2.76 bits per heavy atom. The van der Waals surface area contributed by atoms with Crippen molar-refractivity contribution >= 4 is 12.0 Å². The Hall–Kier alpha value is -1.98. The van der Waals surface area contributed by atoms with Gasteiger partial charge in [-0.2, -0.15) is 0 Å². The average Bonchev–Trinajstić information content (AvgIpc) is 2.76. The largest absolute Gasteiger partial charge is 0.478 e. The van der Waals surface area contributed by atoms with Crippen LogP contribution in [0.5, 0.6) is 0 Å². The Labute approximate surface area is 124 Å². The van der Waals surface area contributed by atoms with Crippen molar-refractivity contribution in [2.24, 2.45) is 5.41 Å². The van der Waals surface area contributed by atoms with Gasteiger partial charge in [0.15, 0.2) is 0 Å². The molecular weight excluding hydrogens is 272 g/mol. The van der Waals surface area contributed by atoms with Gasteiger partial charge in [0.2, 0.25) is 0 Å². The van der Waals surface area contributed by atoms with Crippen LogP contribution in [0.1, 0.15) is 48.6 Å². The van der Waals surface area contributed by atoms with Crippen molar-refractivity contribution in [3.8, 4) is 0 Å². The second-order valence-electron chi connectivity index (χ2n) is 6.34. The van der Waals surface area contributed by atoms with Crippen LogP contribution in [0.15, 0.2) is 10.5 Å². The highest BCUT2D eigenvalue weighted by Crippen LogP contribution is 2.28. The lowest BCUT2D eigenvalue weighted by atomic mass is 9.84. The smallest absolute Gasteiger partial charge is 0.339 e. The van der Waals surface area contributed by atoms with Gasteiger partial charge in [0, 0.05) is 13.1 Å². The molecule has 21 heavy (non-hydrogen) atoms. The lowest BCUT2D eigenvalue weighted by molar-refractivity contribution is 0.0695. The highest BCUT2D eigenvalue weighted by Gasteiger charge is 2.29. The van der Waals surface area contributed by atoms with Gasteiger partial charge in [0.05, 0.1) is 6.54 Å². The number of hydrogen-bond donors (Lipinski definition) is 2. The third kappa shape index (κ3) is 3.77. The topological polar surface area (TPSA) is 82.8 Å². The fraction of sp³-hybridized carbons (Fsp3) is 0.600. The van der Waals surface area contributed by atoms with Crippen molar-refractivity contribution in [3.05, 3.63) is 23.2 Å². The number of nitrogens with one attached hydrogen (secondary N) is 1. The van der Waals surface area contributed by atoms with Crippen LogP contribution in [-0.2, 0) is 6.54 Å². The summed E-state index contributed by atoms with van der Waals surface area (Å²) in [5.41, 5.74) is 0.284. The van der Waals surface area contributed by atoms with E-state index in [1.54, 1.807) is 11.8 Å². The number of likely N-dealkylation sites (tertiary alicyclic amines) is 1. The van der Waals surface area contributed by atoms with Crippen LogP contribution in [0.3, 0.4) is 0 Å². The first-order chi connectivity index (χ1) is 9.78. The molecule has 0 atom stereocenters. The Morgan fingerprint density at radius 1 is 1.48 bits per heavy atom. The number of rotatable bonds is 3. The highest BCUT2D eigenvalue weighted by atomic mass is 16.4. The van der Waals surface area contributed by atoms with E-state index in [-0.39, 0.29) is 23.6 Å². The minimum Gasteiger partial charge on any atom is -0.478 e. The Kier molecular flexibility index (Phi) is 4.25. The second kappa shape index (κ2) is 5.79. The number of hydrogen-bond acceptors (Lipinski definition) is 3. The maximum atomic E-state index is 12.1. The van der Waals surface area contributed by atoms with Crippen molar-refractivity contribution in [2.75, 3.05) is 13.1 Å². The number of furan rings is 1. The Morgan fingerprint density at radius 2 is 2.19 bits per heavy atom. The molecule has 116 valence electrons. The zero-order chi connectivity index (χ0) is 15.6. The molecule has 0 bridgehead atoms. The van der Waals surface area contributed by atoms with E-state index in [9.17, 15) is 9.59 Å². The van der Waals surface area contributed by atoms with Gasteiger partial charge in [-0.1, -0.05) is 13.8 Å². The first-order valence-corrected chi connectivity index (χ1v) is 7.14. The molecule has 0 radical (unpaired) electrons. The van der Waals surface area contributed by atoms with Crippen molar-refractivity contribution in [1.82, 2.24) is 10.2 Å². The van der Waals surface area contributed by atoms with Crippen LogP contribution < -0.4 is 5.32 Å². The number of carboxylic acid groups (broad SMARTS) is 1. The van der Waals surface area contributed by atoms with E-state index in [1.165, 1.54) is 6.07 Å². The van der Waals surface area contributed by atoms with E-state index >= 15 is 0 Å². The molecule has 1 saturated heterocycles. The van der Waals surface area contributed by atoms with Crippen LogP contribution in [-0.4, -0.2) is 35.1 Å². The third-order valence-corrected chi connectivity index (χ3v) is 3.80. The molecule has 0 spiro atoms. The maximum absolute atomic E-state index is 12.1. The standard InChI is InChI=1S/C15H22N2O4/c1-10-12(13(18)19)7-11(21-10)8-16-14(20)17-6-4-5-15(2,3)9-17/h7H,4-6,8-9H2,1-3H3,(H,16,20)(H,18,19). The number of aromatic carboxylic acids is 1. The van der Waals surface area contributed by atoms with Crippen molar-refractivity contribution < 1.29 is 19.1 Å². The lowest BCUT2D eigenvalue weighted by Crippen LogP contribution is -2.47. The maximum Gasteiger partial charge on any atom is 0.339 e. The molecule has 0 aromatic carbocycles. The number of urea groups is 1. The van der Waals surface area contributed by atoms with Crippen LogP contribution in [0, 0.1) is 12.3 Å². The van der Waals surface area contributed by atoms with Crippen molar-refractivity contribution in [1.29, 1.82) is 0 Å².